The molecule has 2 aromatic carbocycles. The largest absolute Gasteiger partial charge is 0.352 e. The van der Waals surface area contributed by atoms with Gasteiger partial charge in [-0.15, -0.1) is 0 Å². The highest BCUT2D eigenvalue weighted by molar-refractivity contribution is 7.92. The Labute approximate surface area is 231 Å². The molecule has 0 aliphatic rings. The van der Waals surface area contributed by atoms with Crippen LogP contribution in [0.3, 0.4) is 0 Å². The summed E-state index contributed by atoms with van der Waals surface area (Å²) < 4.78 is 26.4. The maximum Gasteiger partial charge on any atom is 0.242 e. The minimum atomic E-state index is -3.56. The van der Waals surface area contributed by atoms with Gasteiger partial charge in [0.05, 0.1) is 11.9 Å². The monoisotopic (exact) mass is 569 g/mol. The van der Waals surface area contributed by atoms with Crippen molar-refractivity contribution in [2.24, 2.45) is 0 Å². The Hall–Kier alpha value is -2.29. The van der Waals surface area contributed by atoms with Crippen molar-refractivity contribution in [2.45, 2.75) is 72.5 Å². The number of nitrogens with one attached hydrogen (secondary N) is 1. The van der Waals surface area contributed by atoms with Gasteiger partial charge in [-0.25, -0.2) is 8.42 Å². The van der Waals surface area contributed by atoms with E-state index < -0.39 is 16.1 Å². The summed E-state index contributed by atoms with van der Waals surface area (Å²) >= 11 is 12.4. The quantitative estimate of drug-likeness (QED) is 0.366. The van der Waals surface area contributed by atoms with E-state index in [4.69, 9.17) is 23.2 Å². The summed E-state index contributed by atoms with van der Waals surface area (Å²) in [5.74, 6) is -0.535. The summed E-state index contributed by atoms with van der Waals surface area (Å²) in [4.78, 5) is 27.8. The second kappa shape index (κ2) is 13.5. The van der Waals surface area contributed by atoms with Crippen LogP contribution in [0, 0.1) is 13.8 Å². The first-order valence-corrected chi connectivity index (χ1v) is 14.9. The zero-order valence-electron chi connectivity index (χ0n) is 22.3. The van der Waals surface area contributed by atoms with Crippen LogP contribution in [-0.2, 0) is 26.2 Å². The first kappa shape index (κ1) is 30.9. The number of rotatable bonds is 12. The van der Waals surface area contributed by atoms with Crippen molar-refractivity contribution in [3.05, 3.63) is 63.1 Å². The van der Waals surface area contributed by atoms with Crippen molar-refractivity contribution in [3.8, 4) is 0 Å². The number of anilines is 1. The van der Waals surface area contributed by atoms with Crippen LogP contribution in [0.2, 0.25) is 10.0 Å². The van der Waals surface area contributed by atoms with Crippen LogP contribution in [0.15, 0.2) is 36.4 Å². The number of amides is 2. The van der Waals surface area contributed by atoms with E-state index in [0.717, 1.165) is 23.8 Å². The lowest BCUT2D eigenvalue weighted by Gasteiger charge is -2.30. The molecule has 2 amide bonds. The fourth-order valence-corrected chi connectivity index (χ4v) is 5.19. The van der Waals surface area contributed by atoms with E-state index >= 15 is 0 Å². The van der Waals surface area contributed by atoms with E-state index in [-0.39, 0.29) is 43.8 Å². The van der Waals surface area contributed by atoms with E-state index in [2.05, 4.69) is 5.32 Å². The Bertz CT molecular complexity index is 1220. The van der Waals surface area contributed by atoms with Gasteiger partial charge in [0.1, 0.15) is 6.04 Å². The minimum Gasteiger partial charge on any atom is -0.352 e. The molecule has 2 rings (SSSR count). The Morgan fingerprint density at radius 3 is 2.27 bits per heavy atom. The van der Waals surface area contributed by atoms with E-state index in [9.17, 15) is 18.0 Å². The topological polar surface area (TPSA) is 86.8 Å². The molecular formula is C27H37Cl2N3O4S. The highest BCUT2D eigenvalue weighted by atomic mass is 35.5. The molecule has 2 aromatic rings. The third kappa shape index (κ3) is 8.90. The molecule has 0 saturated heterocycles. The van der Waals surface area contributed by atoms with Gasteiger partial charge < -0.3 is 10.2 Å². The first-order chi connectivity index (χ1) is 17.2. The number of hydrogen-bond acceptors (Lipinski definition) is 4. The highest BCUT2D eigenvalue weighted by Crippen LogP contribution is 2.25. The highest BCUT2D eigenvalue weighted by Gasteiger charge is 2.28. The Kier molecular flexibility index (Phi) is 11.3. The normalized spacial score (nSPS) is 13.1. The molecule has 0 radical (unpaired) electrons. The predicted octanol–water partition coefficient (Wildman–Crippen LogP) is 5.49. The lowest BCUT2D eigenvalue weighted by atomic mass is 10.1. The Morgan fingerprint density at radius 1 is 1.03 bits per heavy atom. The maximum absolute atomic E-state index is 13.4. The third-order valence-electron chi connectivity index (χ3n) is 6.45. The second-order valence-corrected chi connectivity index (χ2v) is 12.2. The van der Waals surface area contributed by atoms with Gasteiger partial charge in [-0.05, 0) is 81.5 Å². The minimum absolute atomic E-state index is 0.0349. The van der Waals surface area contributed by atoms with Crippen LogP contribution in [0.25, 0.3) is 0 Å². The summed E-state index contributed by atoms with van der Waals surface area (Å²) in [5.41, 5.74) is 3.27. The van der Waals surface area contributed by atoms with Gasteiger partial charge >= 0.3 is 0 Å². The predicted molar refractivity (Wildman–Crippen MR) is 152 cm³/mol. The van der Waals surface area contributed by atoms with E-state index in [0.29, 0.717) is 21.3 Å². The van der Waals surface area contributed by atoms with Crippen molar-refractivity contribution >= 4 is 50.7 Å². The molecule has 0 spiro atoms. The number of nitrogens with zero attached hydrogens (tertiary/aromatic N) is 2. The van der Waals surface area contributed by atoms with Crippen LogP contribution in [0.1, 0.15) is 56.7 Å². The summed E-state index contributed by atoms with van der Waals surface area (Å²) in [6.07, 6.45) is 2.25. The van der Waals surface area contributed by atoms with Crippen LogP contribution < -0.4 is 9.62 Å². The SMILES string of the molecule is CC[C@@H](C)NC(=O)[C@H](C)N(Cc1ccc(Cl)cc1Cl)C(=O)CCCN(c1ccc(C)c(C)c1)S(C)(=O)=O. The molecule has 7 nitrogen and oxygen atoms in total. The van der Waals surface area contributed by atoms with Crippen molar-refractivity contribution in [3.63, 3.8) is 0 Å². The number of carbonyl (C=O) groups excluding carboxylic acids is 2. The van der Waals surface area contributed by atoms with E-state index in [1.54, 1.807) is 31.2 Å². The molecule has 2 atom stereocenters. The number of benzene rings is 2. The maximum atomic E-state index is 13.4. The Balaban J connectivity index is 2.23. The number of sulfonamides is 1. The number of halogens is 2. The standard InChI is InChI=1S/C27H37Cl2N3O4S/c1-7-20(4)30-27(34)21(5)31(17-22-11-12-23(28)16-25(22)29)26(33)9-8-14-32(37(6,35)36)24-13-10-18(2)19(3)15-24/h10-13,15-16,20-21H,7-9,14,17H2,1-6H3,(H,30,34)/t20-,21+/m1/s1. The molecule has 0 aliphatic carbocycles. The fourth-order valence-electron chi connectivity index (χ4n) is 3.77. The van der Waals surface area contributed by atoms with Crippen molar-refractivity contribution < 1.29 is 18.0 Å². The Morgan fingerprint density at radius 2 is 1.70 bits per heavy atom. The van der Waals surface area contributed by atoms with Crippen molar-refractivity contribution in [1.82, 2.24) is 10.2 Å². The summed E-state index contributed by atoms with van der Waals surface area (Å²) in [6, 6.07) is 9.70. The second-order valence-electron chi connectivity index (χ2n) is 9.46. The van der Waals surface area contributed by atoms with Crippen LogP contribution in [-0.4, -0.2) is 50.0 Å². The average Bonchev–Trinajstić information content (AvgIpc) is 2.81. The molecule has 1 N–H and O–H groups in total. The summed E-state index contributed by atoms with van der Waals surface area (Å²) in [6.45, 7) is 9.69. The van der Waals surface area contributed by atoms with Gasteiger partial charge in [0, 0.05) is 35.6 Å². The third-order valence-corrected chi connectivity index (χ3v) is 8.24. The molecule has 37 heavy (non-hydrogen) atoms. The van der Waals surface area contributed by atoms with E-state index in [1.165, 1.54) is 9.21 Å². The van der Waals surface area contributed by atoms with Gasteiger partial charge in [0.2, 0.25) is 21.8 Å². The lowest BCUT2D eigenvalue weighted by Crippen LogP contribution is -2.49. The van der Waals surface area contributed by atoms with Gasteiger partial charge in [-0.2, -0.15) is 0 Å². The molecule has 0 aromatic heterocycles. The van der Waals surface area contributed by atoms with Crippen LogP contribution >= 0.6 is 23.2 Å². The zero-order chi connectivity index (χ0) is 27.9. The number of carbonyl (C=O) groups is 2. The molecular weight excluding hydrogens is 533 g/mol. The molecule has 204 valence electrons. The summed E-state index contributed by atoms with van der Waals surface area (Å²) in [5, 5.41) is 3.80. The van der Waals surface area contributed by atoms with Gasteiger partial charge in [-0.3, -0.25) is 13.9 Å². The van der Waals surface area contributed by atoms with Crippen molar-refractivity contribution in [1.29, 1.82) is 0 Å². The fraction of sp³-hybridized carbons (Fsp3) is 0.481. The number of aryl methyl sites for hydroxylation is 2. The van der Waals surface area contributed by atoms with Crippen molar-refractivity contribution in [2.75, 3.05) is 17.1 Å². The lowest BCUT2D eigenvalue weighted by molar-refractivity contribution is -0.140. The number of hydrogen-bond donors (Lipinski definition) is 1. The molecule has 0 heterocycles. The molecule has 0 fully saturated rings. The van der Waals surface area contributed by atoms with Gasteiger partial charge in [0.15, 0.2) is 0 Å². The average molecular weight is 571 g/mol. The molecule has 0 unspecified atom stereocenters. The molecule has 0 saturated carbocycles. The van der Waals surface area contributed by atoms with E-state index in [1.807, 2.05) is 39.8 Å². The van der Waals surface area contributed by atoms with Crippen LogP contribution in [0.4, 0.5) is 5.69 Å². The van der Waals surface area contributed by atoms with Gasteiger partial charge in [-0.1, -0.05) is 42.3 Å². The molecule has 10 heteroatoms. The van der Waals surface area contributed by atoms with Crippen LogP contribution in [0.5, 0.6) is 0 Å². The molecule has 0 aliphatic heterocycles. The first-order valence-electron chi connectivity index (χ1n) is 12.3. The van der Waals surface area contributed by atoms with Gasteiger partial charge in [0.25, 0.3) is 0 Å². The summed E-state index contributed by atoms with van der Waals surface area (Å²) in [7, 11) is -3.56. The molecule has 0 bridgehead atoms. The smallest absolute Gasteiger partial charge is 0.242 e. The zero-order valence-corrected chi connectivity index (χ0v) is 24.7.